The van der Waals surface area contributed by atoms with Crippen LogP contribution in [0.3, 0.4) is 0 Å². The molecule has 0 saturated heterocycles. The molecule has 4 aromatic carbocycles. The maximum atomic E-state index is 5.04. The molecular weight excluding hydrogens is 722 g/mol. The van der Waals surface area contributed by atoms with E-state index in [2.05, 4.69) is 108 Å². The zero-order valence-electron chi connectivity index (χ0n) is 24.0. The smallest absolute Gasteiger partial charge is 0.319 e. The van der Waals surface area contributed by atoms with Gasteiger partial charge in [-0.25, -0.2) is 9.97 Å². The molecule has 0 fully saturated rings. The summed E-state index contributed by atoms with van der Waals surface area (Å²) in [5, 5.41) is 4.37. The average Bonchev–Trinajstić information content (AvgIpc) is 3.61. The number of pyridine rings is 3. The van der Waals surface area contributed by atoms with Gasteiger partial charge in [0.15, 0.2) is 0 Å². The summed E-state index contributed by atoms with van der Waals surface area (Å²) in [5.74, 6) is 0.880. The third-order valence-corrected chi connectivity index (χ3v) is 8.82. The summed E-state index contributed by atoms with van der Waals surface area (Å²) >= 11 is 0. The van der Waals surface area contributed by atoms with Gasteiger partial charge in [0.25, 0.3) is 0 Å². The Morgan fingerprint density at radius 3 is 2.16 bits per heavy atom. The molecule has 0 atom stereocenters. The van der Waals surface area contributed by atoms with Crippen molar-refractivity contribution in [1.29, 1.82) is 0 Å². The molecule has 5 aromatic heterocycles. The molecule has 0 N–H and O–H groups in total. The average molecular weight is 747 g/mol. The Bertz CT molecular complexity index is 2540. The van der Waals surface area contributed by atoms with Gasteiger partial charge in [-0.15, -0.1) is 34.5 Å². The zero-order valence-corrected chi connectivity index (χ0v) is 26.3. The fourth-order valence-electron chi connectivity index (χ4n) is 6.58. The molecule has 0 unspecified atom stereocenters. The number of rotatable bonds is 3. The van der Waals surface area contributed by atoms with Crippen LogP contribution in [-0.4, -0.2) is 23.9 Å². The van der Waals surface area contributed by atoms with E-state index in [-0.39, 0.29) is 26.5 Å². The molecule has 0 radical (unpaired) electrons. The van der Waals surface area contributed by atoms with E-state index in [0.29, 0.717) is 0 Å². The SMILES string of the molecule is CC(C)(c1[c-]c2c(cc1)c1ccccc1n2-c1ccccn1)c1[c-]c2c(cc1)c1nc3ccccc3n1c1cccnc21.[Pt+2]. The second kappa shape index (κ2) is 9.83. The van der Waals surface area contributed by atoms with Gasteiger partial charge in [-0.1, -0.05) is 61.1 Å². The molecule has 5 nitrogen and oxygen atoms in total. The number of benzene rings is 4. The third-order valence-electron chi connectivity index (χ3n) is 8.82. The van der Waals surface area contributed by atoms with E-state index in [4.69, 9.17) is 15.0 Å². The molecule has 0 bridgehead atoms. The van der Waals surface area contributed by atoms with Crippen LogP contribution in [0.5, 0.6) is 0 Å². The van der Waals surface area contributed by atoms with Crippen LogP contribution < -0.4 is 0 Å². The van der Waals surface area contributed by atoms with Crippen LogP contribution in [0.1, 0.15) is 25.0 Å². The number of imidazole rings is 1. The van der Waals surface area contributed by atoms with Crippen molar-refractivity contribution in [2.45, 2.75) is 19.3 Å². The molecule has 0 aliphatic carbocycles. The third kappa shape index (κ3) is 3.72. The minimum Gasteiger partial charge on any atom is -0.319 e. The van der Waals surface area contributed by atoms with Crippen molar-refractivity contribution in [2.24, 2.45) is 0 Å². The first-order chi connectivity index (χ1) is 21.1. The van der Waals surface area contributed by atoms with Gasteiger partial charge in [-0.3, -0.25) is 0 Å². The first-order valence-corrected chi connectivity index (χ1v) is 14.5. The molecular formula is C38H25N5Pt. The van der Waals surface area contributed by atoms with Crippen LogP contribution in [0.4, 0.5) is 0 Å². The Hall–Kier alpha value is -4.86. The van der Waals surface area contributed by atoms with Crippen molar-refractivity contribution in [2.75, 3.05) is 0 Å². The van der Waals surface area contributed by atoms with Crippen molar-refractivity contribution < 1.29 is 21.1 Å². The first kappa shape index (κ1) is 26.7. The summed E-state index contributed by atoms with van der Waals surface area (Å²) in [6.45, 7) is 4.49. The van der Waals surface area contributed by atoms with Gasteiger partial charge in [0.2, 0.25) is 0 Å². The van der Waals surface area contributed by atoms with Crippen LogP contribution in [-0.2, 0) is 26.5 Å². The maximum absolute atomic E-state index is 5.04. The Labute approximate surface area is 268 Å². The summed E-state index contributed by atoms with van der Waals surface area (Å²) in [5.41, 5.74) is 8.81. The Morgan fingerprint density at radius 2 is 1.32 bits per heavy atom. The van der Waals surface area contributed by atoms with E-state index >= 15 is 0 Å². The molecule has 0 aliphatic rings. The van der Waals surface area contributed by atoms with Crippen molar-refractivity contribution in [3.8, 4) is 5.82 Å². The molecule has 44 heavy (non-hydrogen) atoms. The molecule has 0 aliphatic heterocycles. The normalized spacial score (nSPS) is 12.1. The molecule has 9 rings (SSSR count). The van der Waals surface area contributed by atoms with Crippen molar-refractivity contribution in [3.05, 3.63) is 139 Å². The number of para-hydroxylation sites is 3. The quantitative estimate of drug-likeness (QED) is 0.135. The van der Waals surface area contributed by atoms with E-state index in [1.54, 1.807) is 0 Å². The molecule has 0 amide bonds. The fraction of sp³-hybridized carbons (Fsp3) is 0.0789. The van der Waals surface area contributed by atoms with Crippen LogP contribution in [0.15, 0.2) is 116 Å². The molecule has 212 valence electrons. The first-order valence-electron chi connectivity index (χ1n) is 14.5. The van der Waals surface area contributed by atoms with E-state index in [1.165, 1.54) is 5.39 Å². The second-order valence-corrected chi connectivity index (χ2v) is 11.6. The van der Waals surface area contributed by atoms with Gasteiger partial charge in [0.1, 0.15) is 11.5 Å². The van der Waals surface area contributed by atoms with E-state index in [1.807, 2.05) is 42.7 Å². The van der Waals surface area contributed by atoms with Crippen molar-refractivity contribution in [3.63, 3.8) is 0 Å². The summed E-state index contributed by atoms with van der Waals surface area (Å²) in [6.07, 6.45) is 3.70. The number of hydrogen-bond donors (Lipinski definition) is 0. The summed E-state index contributed by atoms with van der Waals surface area (Å²) in [4.78, 5) is 14.6. The molecule has 0 spiro atoms. The van der Waals surface area contributed by atoms with Crippen LogP contribution in [0.25, 0.3) is 66.1 Å². The van der Waals surface area contributed by atoms with Crippen molar-refractivity contribution in [1.82, 2.24) is 23.9 Å². The minimum atomic E-state index is -0.388. The van der Waals surface area contributed by atoms with Crippen LogP contribution in [0, 0.1) is 12.1 Å². The molecule has 0 saturated carbocycles. The summed E-state index contributed by atoms with van der Waals surface area (Å²) in [6, 6.07) is 43.3. The Morgan fingerprint density at radius 1 is 0.614 bits per heavy atom. The van der Waals surface area contributed by atoms with E-state index in [0.717, 1.165) is 71.9 Å². The van der Waals surface area contributed by atoms with Gasteiger partial charge < -0.3 is 14.0 Å². The Balaban J connectivity index is 0.00000289. The van der Waals surface area contributed by atoms with Gasteiger partial charge in [0.05, 0.1) is 11.0 Å². The predicted molar refractivity (Wildman–Crippen MR) is 174 cm³/mol. The second-order valence-electron chi connectivity index (χ2n) is 11.6. The summed E-state index contributed by atoms with van der Waals surface area (Å²) in [7, 11) is 0. The van der Waals surface area contributed by atoms with E-state index in [9.17, 15) is 0 Å². The van der Waals surface area contributed by atoms with Gasteiger partial charge in [-0.2, -0.15) is 23.8 Å². The van der Waals surface area contributed by atoms with Crippen molar-refractivity contribution >= 4 is 60.3 Å². The topological polar surface area (TPSA) is 48.0 Å². The minimum absolute atomic E-state index is 0. The summed E-state index contributed by atoms with van der Waals surface area (Å²) < 4.78 is 4.43. The predicted octanol–water partition coefficient (Wildman–Crippen LogP) is 8.60. The van der Waals surface area contributed by atoms with Gasteiger partial charge in [-0.05, 0) is 53.3 Å². The van der Waals surface area contributed by atoms with Gasteiger partial charge in [0, 0.05) is 28.9 Å². The number of nitrogens with zero attached hydrogens (tertiary/aromatic N) is 5. The standard InChI is InChI=1S/C38H25N5.Pt/c1-38(2,25-16-18-27-26-10-3-5-12-31(26)42(34(27)23-25)35-15-7-8-20-39-35)24-17-19-28-29(22-24)36-33(14-9-21-40-36)43-32-13-6-4-11-30(32)41-37(28)43;/h3-21H,1-2H3;/q-2;+2. The van der Waals surface area contributed by atoms with Crippen LogP contribution >= 0.6 is 0 Å². The molecule has 9 aromatic rings. The number of hydrogen-bond acceptors (Lipinski definition) is 3. The molecule has 6 heteroatoms. The van der Waals surface area contributed by atoms with E-state index < -0.39 is 0 Å². The monoisotopic (exact) mass is 746 g/mol. The fourth-order valence-corrected chi connectivity index (χ4v) is 6.58. The largest absolute Gasteiger partial charge is 2.00 e. The Kier molecular flexibility index (Phi) is 5.98. The number of aromatic nitrogens is 5. The van der Waals surface area contributed by atoms with Crippen LogP contribution in [0.2, 0.25) is 0 Å². The zero-order chi connectivity index (χ0) is 28.7. The maximum Gasteiger partial charge on any atom is 2.00 e. The van der Waals surface area contributed by atoms with Gasteiger partial charge >= 0.3 is 21.1 Å². The number of fused-ring (bicyclic) bond motifs is 11. The molecule has 5 heterocycles.